The van der Waals surface area contributed by atoms with Crippen LogP contribution in [0.2, 0.25) is 0 Å². The fraction of sp³-hybridized carbons (Fsp3) is 0.683. The predicted molar refractivity (Wildman–Crippen MR) is 399 cm³/mol. The number of hydrogen-bond donors (Lipinski definition) is 1. The van der Waals surface area contributed by atoms with Gasteiger partial charge in [-0.05, 0) is 122 Å². The van der Waals surface area contributed by atoms with Gasteiger partial charge in [0.1, 0.15) is 19.8 Å². The molecule has 0 spiro atoms. The Morgan fingerprint density at radius 1 is 0.348 bits per heavy atom. The van der Waals surface area contributed by atoms with Crippen molar-refractivity contribution < 1.29 is 42.1 Å². The van der Waals surface area contributed by atoms with Gasteiger partial charge in [-0.3, -0.25) is 18.6 Å². The Morgan fingerprint density at radius 2 is 0.620 bits per heavy atom. The van der Waals surface area contributed by atoms with E-state index in [1.807, 2.05) is 21.1 Å². The smallest absolute Gasteiger partial charge is 0.462 e. The maximum Gasteiger partial charge on any atom is 0.472 e. The fourth-order valence-corrected chi connectivity index (χ4v) is 10.9. The second kappa shape index (κ2) is 71.2. The predicted octanol–water partition coefficient (Wildman–Crippen LogP) is 24.9. The second-order valence-corrected chi connectivity index (χ2v) is 27.4. The Bertz CT molecular complexity index is 2070. The molecule has 0 amide bonds. The van der Waals surface area contributed by atoms with Crippen LogP contribution in [0.25, 0.3) is 0 Å². The van der Waals surface area contributed by atoms with Crippen molar-refractivity contribution in [2.75, 3.05) is 47.5 Å². The lowest BCUT2D eigenvalue weighted by Gasteiger charge is -2.24. The molecule has 9 nitrogen and oxygen atoms in total. The number of esters is 2. The lowest BCUT2D eigenvalue weighted by atomic mass is 10.0. The van der Waals surface area contributed by atoms with E-state index in [1.165, 1.54) is 161 Å². The monoisotopic (exact) mass is 1300 g/mol. The van der Waals surface area contributed by atoms with Crippen LogP contribution in [0.1, 0.15) is 309 Å². The number of carbonyl (C=O) groups is 2. The molecule has 2 atom stereocenters. The van der Waals surface area contributed by atoms with Gasteiger partial charge in [-0.15, -0.1) is 0 Å². The van der Waals surface area contributed by atoms with Crippen LogP contribution < -0.4 is 0 Å². The van der Waals surface area contributed by atoms with Crippen LogP contribution in [-0.2, 0) is 32.7 Å². The molecule has 0 aliphatic carbocycles. The largest absolute Gasteiger partial charge is 0.472 e. The summed E-state index contributed by atoms with van der Waals surface area (Å²) in [5, 5.41) is 0. The van der Waals surface area contributed by atoms with Crippen LogP contribution in [0.15, 0.2) is 146 Å². The Morgan fingerprint density at radius 3 is 0.924 bits per heavy atom. The highest BCUT2D eigenvalue weighted by Crippen LogP contribution is 2.43. The number of nitrogens with zero attached hydrogens (tertiary/aromatic N) is 1. The van der Waals surface area contributed by atoms with E-state index in [2.05, 4.69) is 160 Å². The van der Waals surface area contributed by atoms with Crippen LogP contribution in [0.5, 0.6) is 0 Å². The number of rotatable bonds is 68. The van der Waals surface area contributed by atoms with Crippen LogP contribution in [-0.4, -0.2) is 74.9 Å². The molecule has 0 saturated carbocycles. The first-order chi connectivity index (χ1) is 45.0. The van der Waals surface area contributed by atoms with Crippen LogP contribution in [0.3, 0.4) is 0 Å². The fourth-order valence-electron chi connectivity index (χ4n) is 10.1. The third-order valence-corrected chi connectivity index (χ3v) is 16.8. The van der Waals surface area contributed by atoms with Gasteiger partial charge in [-0.2, -0.15) is 0 Å². The molecule has 10 heteroatoms. The standard InChI is InChI=1S/C82H140NO8P/c1-6-8-10-12-14-16-18-20-22-24-26-28-30-32-34-36-37-38-39-40-41-42-43-44-45-47-49-51-53-55-57-59-61-63-65-67-69-71-73-75-82(85)91-80(79-90-92(86,87)89-77-76-83(3,4)5)78-88-81(84)74-72-70-68-66-64-62-60-58-56-54-52-50-48-46-35-33-31-29-27-25-23-21-19-17-15-13-11-9-7-2/h8,10,14,16,19-22,25-28,31-34,37-38,40-41,43-44,47,49,80H,6-7,9,11-13,15,17-18,23-24,29-30,35-36,39,42,45-46,48,50-79H2,1-5H3/p+1/b10-8-,16-14-,21-19-,22-20-,27-25-,28-26-,33-31-,34-32-,38-37-,41-40-,44-43-,49-47-. The Hall–Kier alpha value is -4.11. The highest BCUT2D eigenvalue weighted by molar-refractivity contribution is 7.47. The lowest BCUT2D eigenvalue weighted by molar-refractivity contribution is -0.870. The zero-order valence-electron chi connectivity index (χ0n) is 60.0. The molecule has 0 aromatic heterocycles. The highest BCUT2D eigenvalue weighted by Gasteiger charge is 2.27. The summed E-state index contributed by atoms with van der Waals surface area (Å²) in [5.41, 5.74) is 0. The molecule has 0 aliphatic rings. The maximum atomic E-state index is 12.9. The van der Waals surface area contributed by atoms with E-state index in [0.717, 1.165) is 116 Å². The SMILES string of the molecule is CC/C=C\C/C=C\C/C=C\C/C=C\C/C=C\C/C=C\C/C=C\C/C=C\C/C=C\CCCCCCCCCCCCCC(=O)OC(COC(=O)CCCCCCCCCCCCCCCC/C=C\C/C=C\C/C=C\CCCCCCC)COP(=O)(O)OCC[N+](C)(C)C. The average Bonchev–Trinajstić information content (AvgIpc) is 2.14. The molecule has 1 N–H and O–H groups in total. The van der Waals surface area contributed by atoms with Gasteiger partial charge in [0, 0.05) is 12.8 Å². The quantitative estimate of drug-likeness (QED) is 0.0211. The Kier molecular flexibility index (Phi) is 68.0. The lowest BCUT2D eigenvalue weighted by Crippen LogP contribution is -2.37. The number of unbranched alkanes of at least 4 members (excludes halogenated alkanes) is 30. The minimum Gasteiger partial charge on any atom is -0.462 e. The number of carbonyl (C=O) groups excluding carboxylic acids is 2. The van der Waals surface area contributed by atoms with Gasteiger partial charge in [0.2, 0.25) is 0 Å². The molecule has 0 bridgehead atoms. The number of quaternary nitrogens is 1. The highest BCUT2D eigenvalue weighted by atomic mass is 31.2. The molecule has 0 radical (unpaired) electrons. The third-order valence-electron chi connectivity index (χ3n) is 15.9. The number of phosphoric ester groups is 1. The first kappa shape index (κ1) is 87.9. The van der Waals surface area contributed by atoms with Crippen LogP contribution in [0.4, 0.5) is 0 Å². The van der Waals surface area contributed by atoms with E-state index < -0.39 is 26.5 Å². The van der Waals surface area contributed by atoms with Crippen molar-refractivity contribution in [2.45, 2.75) is 315 Å². The molecule has 0 rings (SSSR count). The summed E-state index contributed by atoms with van der Waals surface area (Å²) in [7, 11) is 1.47. The third kappa shape index (κ3) is 74.9. The summed E-state index contributed by atoms with van der Waals surface area (Å²) in [6.45, 7) is 4.32. The normalized spacial score (nSPS) is 13.9. The van der Waals surface area contributed by atoms with E-state index >= 15 is 0 Å². The summed E-state index contributed by atoms with van der Waals surface area (Å²) in [5.74, 6) is -0.801. The number of allylic oxidation sites excluding steroid dienone is 24. The van der Waals surface area contributed by atoms with E-state index in [0.29, 0.717) is 17.4 Å². The number of hydrogen-bond acceptors (Lipinski definition) is 7. The Labute approximate surface area is 567 Å². The van der Waals surface area contributed by atoms with Crippen molar-refractivity contribution in [1.82, 2.24) is 0 Å². The van der Waals surface area contributed by atoms with Gasteiger partial charge in [-0.1, -0.05) is 320 Å². The van der Waals surface area contributed by atoms with E-state index in [-0.39, 0.29) is 32.0 Å². The van der Waals surface area contributed by atoms with Gasteiger partial charge in [-0.25, -0.2) is 4.57 Å². The first-order valence-corrected chi connectivity index (χ1v) is 39.1. The minimum atomic E-state index is -4.40. The molecular weight excluding hydrogens is 1160 g/mol. The zero-order valence-corrected chi connectivity index (χ0v) is 60.9. The maximum absolute atomic E-state index is 12.9. The average molecular weight is 1300 g/mol. The van der Waals surface area contributed by atoms with Gasteiger partial charge in [0.05, 0.1) is 27.7 Å². The summed E-state index contributed by atoms with van der Waals surface area (Å²) in [6, 6.07) is 0. The van der Waals surface area contributed by atoms with Gasteiger partial charge >= 0.3 is 19.8 Å². The second-order valence-electron chi connectivity index (χ2n) is 25.9. The summed E-state index contributed by atoms with van der Waals surface area (Å²) in [6.07, 6.45) is 105. The molecule has 92 heavy (non-hydrogen) atoms. The molecular formula is C82H141NO8P+. The minimum absolute atomic E-state index is 0.0255. The number of phosphoric acid groups is 1. The molecule has 526 valence electrons. The molecule has 0 fully saturated rings. The van der Waals surface area contributed by atoms with Crippen LogP contribution in [0, 0.1) is 0 Å². The van der Waals surface area contributed by atoms with Crippen molar-refractivity contribution in [2.24, 2.45) is 0 Å². The Balaban J connectivity index is 4.07. The molecule has 2 unspecified atom stereocenters. The summed E-state index contributed by atoms with van der Waals surface area (Å²) in [4.78, 5) is 35.9. The topological polar surface area (TPSA) is 108 Å². The van der Waals surface area contributed by atoms with Gasteiger partial charge in [0.25, 0.3) is 0 Å². The van der Waals surface area contributed by atoms with Crippen LogP contribution >= 0.6 is 7.82 Å². The van der Waals surface area contributed by atoms with Crippen molar-refractivity contribution in [3.8, 4) is 0 Å². The molecule has 0 heterocycles. The van der Waals surface area contributed by atoms with Gasteiger partial charge < -0.3 is 18.9 Å². The first-order valence-electron chi connectivity index (χ1n) is 37.6. The number of ether oxygens (including phenoxy) is 2. The van der Waals surface area contributed by atoms with E-state index in [1.54, 1.807) is 0 Å². The van der Waals surface area contributed by atoms with E-state index in [9.17, 15) is 19.0 Å². The molecule has 0 aromatic rings. The van der Waals surface area contributed by atoms with Crippen molar-refractivity contribution in [1.29, 1.82) is 0 Å². The molecule has 0 saturated heterocycles. The molecule has 0 aromatic carbocycles. The zero-order chi connectivity index (χ0) is 66.9. The number of likely N-dealkylation sites (N-methyl/N-ethyl adjacent to an activating group) is 1. The van der Waals surface area contributed by atoms with E-state index in [4.69, 9.17) is 18.5 Å². The van der Waals surface area contributed by atoms with Crippen molar-refractivity contribution in [3.05, 3.63) is 146 Å². The molecule has 0 aliphatic heterocycles. The summed E-state index contributed by atoms with van der Waals surface area (Å²) < 4.78 is 34.8. The van der Waals surface area contributed by atoms with Crippen molar-refractivity contribution >= 4 is 19.8 Å². The summed E-state index contributed by atoms with van der Waals surface area (Å²) >= 11 is 0. The van der Waals surface area contributed by atoms with Crippen molar-refractivity contribution in [3.63, 3.8) is 0 Å². The van der Waals surface area contributed by atoms with Gasteiger partial charge in [0.15, 0.2) is 6.10 Å².